The number of carbonyl (C=O) groups is 3. The molecule has 0 saturated carbocycles. The van der Waals surface area contributed by atoms with Gasteiger partial charge in [-0.05, 0) is 116 Å². The highest BCUT2D eigenvalue weighted by atomic mass is 16.6. The second kappa shape index (κ2) is 65.8. The van der Waals surface area contributed by atoms with Crippen LogP contribution in [0.3, 0.4) is 0 Å². The number of ether oxygens (including phenoxy) is 3. The first-order valence-corrected chi connectivity index (χ1v) is 33.2. The third-order valence-corrected chi connectivity index (χ3v) is 14.3. The maximum Gasteiger partial charge on any atom is 0.306 e. The van der Waals surface area contributed by atoms with Gasteiger partial charge in [0.15, 0.2) is 6.10 Å². The van der Waals surface area contributed by atoms with E-state index >= 15 is 0 Å². The molecular formula is C72H124O6. The third-order valence-electron chi connectivity index (χ3n) is 14.3. The van der Waals surface area contributed by atoms with Gasteiger partial charge in [-0.25, -0.2) is 0 Å². The van der Waals surface area contributed by atoms with Crippen molar-refractivity contribution in [1.29, 1.82) is 0 Å². The summed E-state index contributed by atoms with van der Waals surface area (Å²) in [6, 6.07) is 0. The summed E-state index contributed by atoms with van der Waals surface area (Å²) in [5, 5.41) is 0. The van der Waals surface area contributed by atoms with Crippen LogP contribution in [-0.4, -0.2) is 37.2 Å². The van der Waals surface area contributed by atoms with Gasteiger partial charge in [0, 0.05) is 19.3 Å². The monoisotopic (exact) mass is 1080 g/mol. The van der Waals surface area contributed by atoms with E-state index in [1.165, 1.54) is 173 Å². The molecule has 0 aromatic heterocycles. The number of carbonyl (C=O) groups excluding carboxylic acids is 3. The van der Waals surface area contributed by atoms with E-state index in [-0.39, 0.29) is 31.1 Å². The molecule has 0 heterocycles. The van der Waals surface area contributed by atoms with Gasteiger partial charge in [0.25, 0.3) is 0 Å². The highest BCUT2D eigenvalue weighted by Gasteiger charge is 2.19. The zero-order chi connectivity index (χ0) is 56.4. The lowest BCUT2D eigenvalue weighted by molar-refractivity contribution is -0.167. The molecule has 0 radical (unpaired) electrons. The lowest BCUT2D eigenvalue weighted by Crippen LogP contribution is -2.30. The van der Waals surface area contributed by atoms with Crippen LogP contribution >= 0.6 is 0 Å². The lowest BCUT2D eigenvalue weighted by Gasteiger charge is -2.18. The molecule has 0 aromatic rings. The Morgan fingerprint density at radius 2 is 0.526 bits per heavy atom. The van der Waals surface area contributed by atoms with E-state index in [0.29, 0.717) is 19.3 Å². The predicted octanol–water partition coefficient (Wildman–Crippen LogP) is 22.8. The molecule has 6 nitrogen and oxygen atoms in total. The lowest BCUT2D eigenvalue weighted by atomic mass is 10.0. The maximum absolute atomic E-state index is 12.9. The van der Waals surface area contributed by atoms with Gasteiger partial charge < -0.3 is 14.2 Å². The van der Waals surface area contributed by atoms with Crippen LogP contribution in [0, 0.1) is 0 Å². The number of unbranched alkanes of at least 4 members (excludes halogenated alkanes) is 33. The number of esters is 3. The molecule has 0 aromatic carbocycles. The average Bonchev–Trinajstić information content (AvgIpc) is 3.44. The minimum atomic E-state index is -0.784. The van der Waals surface area contributed by atoms with E-state index in [4.69, 9.17) is 14.2 Å². The molecule has 0 bridgehead atoms. The van der Waals surface area contributed by atoms with E-state index in [2.05, 4.69) is 118 Å². The van der Waals surface area contributed by atoms with Crippen LogP contribution in [0.25, 0.3) is 0 Å². The highest BCUT2D eigenvalue weighted by molar-refractivity contribution is 5.71. The van der Waals surface area contributed by atoms with Crippen LogP contribution < -0.4 is 0 Å². The second-order valence-electron chi connectivity index (χ2n) is 22.0. The zero-order valence-corrected chi connectivity index (χ0v) is 51.4. The Morgan fingerprint density at radius 3 is 0.846 bits per heavy atom. The molecule has 0 saturated heterocycles. The SMILES string of the molecule is CC/C=C\C/C=C\C/C=C\C/C=C\C/C=C\CCCCCCCCCCCCCC(=O)OCC(COC(=O)CCCCCCC/C=C\CCC)OC(=O)CCCCCCCCCCCCC/C=C\C/C=C\CCCCCCC. The molecule has 0 amide bonds. The summed E-state index contributed by atoms with van der Waals surface area (Å²) in [4.78, 5) is 38.3. The fourth-order valence-electron chi connectivity index (χ4n) is 9.33. The summed E-state index contributed by atoms with van der Waals surface area (Å²) in [5.41, 5.74) is 0. The van der Waals surface area contributed by atoms with Crippen LogP contribution in [0.5, 0.6) is 0 Å². The Hall–Kier alpha value is -3.67. The smallest absolute Gasteiger partial charge is 0.306 e. The van der Waals surface area contributed by atoms with Gasteiger partial charge >= 0.3 is 17.9 Å². The minimum Gasteiger partial charge on any atom is -0.462 e. The Morgan fingerprint density at radius 1 is 0.269 bits per heavy atom. The fraction of sp³-hybridized carbons (Fsp3) is 0.736. The van der Waals surface area contributed by atoms with Gasteiger partial charge in [-0.2, -0.15) is 0 Å². The topological polar surface area (TPSA) is 78.9 Å². The highest BCUT2D eigenvalue weighted by Crippen LogP contribution is 2.16. The quantitative estimate of drug-likeness (QED) is 0.0261. The van der Waals surface area contributed by atoms with Crippen LogP contribution in [0.2, 0.25) is 0 Å². The summed E-state index contributed by atoms with van der Waals surface area (Å²) in [7, 11) is 0. The first kappa shape index (κ1) is 74.3. The number of hydrogen-bond acceptors (Lipinski definition) is 6. The van der Waals surface area contributed by atoms with Crippen molar-refractivity contribution in [3.05, 3.63) is 97.2 Å². The van der Waals surface area contributed by atoms with Crippen molar-refractivity contribution in [3.63, 3.8) is 0 Å². The average molecular weight is 1090 g/mol. The number of allylic oxidation sites excluding steroid dienone is 16. The largest absolute Gasteiger partial charge is 0.462 e. The van der Waals surface area contributed by atoms with Crippen molar-refractivity contribution < 1.29 is 28.6 Å². The van der Waals surface area contributed by atoms with Crippen molar-refractivity contribution in [2.75, 3.05) is 13.2 Å². The van der Waals surface area contributed by atoms with E-state index in [0.717, 1.165) is 109 Å². The Balaban J connectivity index is 4.23. The number of rotatable bonds is 60. The zero-order valence-electron chi connectivity index (χ0n) is 51.4. The molecule has 1 atom stereocenters. The van der Waals surface area contributed by atoms with Crippen LogP contribution in [-0.2, 0) is 28.6 Å². The van der Waals surface area contributed by atoms with E-state index < -0.39 is 6.10 Å². The molecule has 0 aliphatic rings. The van der Waals surface area contributed by atoms with E-state index in [9.17, 15) is 14.4 Å². The molecule has 448 valence electrons. The second-order valence-corrected chi connectivity index (χ2v) is 22.0. The first-order valence-electron chi connectivity index (χ1n) is 33.2. The van der Waals surface area contributed by atoms with Crippen molar-refractivity contribution in [1.82, 2.24) is 0 Å². The fourth-order valence-corrected chi connectivity index (χ4v) is 9.33. The van der Waals surface area contributed by atoms with Crippen molar-refractivity contribution in [3.8, 4) is 0 Å². The van der Waals surface area contributed by atoms with E-state index in [1.54, 1.807) is 0 Å². The summed E-state index contributed by atoms with van der Waals surface area (Å²) >= 11 is 0. The maximum atomic E-state index is 12.9. The predicted molar refractivity (Wildman–Crippen MR) is 339 cm³/mol. The summed E-state index contributed by atoms with van der Waals surface area (Å²) in [6.07, 6.45) is 88.6. The molecule has 78 heavy (non-hydrogen) atoms. The molecule has 0 fully saturated rings. The molecule has 0 spiro atoms. The van der Waals surface area contributed by atoms with Gasteiger partial charge in [-0.15, -0.1) is 0 Å². The van der Waals surface area contributed by atoms with Gasteiger partial charge in [0.1, 0.15) is 13.2 Å². The van der Waals surface area contributed by atoms with Gasteiger partial charge in [0.2, 0.25) is 0 Å². The molecule has 0 aliphatic heterocycles. The van der Waals surface area contributed by atoms with Gasteiger partial charge in [-0.1, -0.05) is 285 Å². The summed E-state index contributed by atoms with van der Waals surface area (Å²) < 4.78 is 16.9. The van der Waals surface area contributed by atoms with E-state index in [1.807, 2.05) is 0 Å². The van der Waals surface area contributed by atoms with Crippen LogP contribution in [0.1, 0.15) is 323 Å². The summed E-state index contributed by atoms with van der Waals surface area (Å²) in [6.45, 7) is 6.47. The Kier molecular flexibility index (Phi) is 62.7. The van der Waals surface area contributed by atoms with Crippen molar-refractivity contribution >= 4 is 17.9 Å². The normalized spacial score (nSPS) is 12.7. The third kappa shape index (κ3) is 63.2. The Labute approximate surface area is 483 Å². The molecule has 1 unspecified atom stereocenters. The van der Waals surface area contributed by atoms with Gasteiger partial charge in [0.05, 0.1) is 0 Å². The molecule has 0 rings (SSSR count). The Bertz CT molecular complexity index is 1530. The van der Waals surface area contributed by atoms with Crippen molar-refractivity contribution in [2.45, 2.75) is 329 Å². The van der Waals surface area contributed by atoms with Crippen LogP contribution in [0.15, 0.2) is 97.2 Å². The van der Waals surface area contributed by atoms with Gasteiger partial charge in [-0.3, -0.25) is 14.4 Å². The number of hydrogen-bond donors (Lipinski definition) is 0. The molecule has 0 N–H and O–H groups in total. The minimum absolute atomic E-state index is 0.0811. The molecule has 0 aliphatic carbocycles. The summed E-state index contributed by atoms with van der Waals surface area (Å²) in [5.74, 6) is -0.886. The molecular weight excluding hydrogens is 961 g/mol. The standard InChI is InChI=1S/C72H124O6/c1-4-7-10-13-16-19-22-24-26-28-30-32-34-35-36-37-39-40-42-44-46-48-50-53-56-59-62-65-71(74)77-68-69(67-76-70(73)64-61-58-55-52-21-18-15-12-9-6-3)78-72(75)66-63-60-57-54-51-49-47-45-43-41-38-33-31-29-27-25-23-20-17-14-11-8-5-2/h7,10,12,15-16,19,23-26,29-32,35-36,69H,4-6,8-9,11,13-14,17-18,20-22,27-28,33-34,37-68H2,1-3H3/b10-7-,15-12-,19-16-,25-23-,26-24-,31-29-,32-30-,36-35-. The first-order chi connectivity index (χ1) is 38.5. The van der Waals surface area contributed by atoms with Crippen molar-refractivity contribution in [2.24, 2.45) is 0 Å². The molecule has 6 heteroatoms. The van der Waals surface area contributed by atoms with Crippen LogP contribution in [0.4, 0.5) is 0 Å².